The zero-order valence-electron chi connectivity index (χ0n) is 8.04. The molecule has 0 amide bonds. The molecule has 0 bridgehead atoms. The highest BCUT2D eigenvalue weighted by Crippen LogP contribution is 2.16. The van der Waals surface area contributed by atoms with E-state index in [0.717, 1.165) is 0 Å². The van der Waals surface area contributed by atoms with Gasteiger partial charge in [0.1, 0.15) is 5.78 Å². The lowest BCUT2D eigenvalue weighted by molar-refractivity contribution is -0.121. The van der Waals surface area contributed by atoms with Crippen LogP contribution in [0, 0.1) is 5.92 Å². The highest BCUT2D eigenvalue weighted by atomic mass is 79.9. The van der Waals surface area contributed by atoms with Crippen molar-refractivity contribution in [2.45, 2.75) is 20.3 Å². The smallest absolute Gasteiger partial charge is 0.205 e. The monoisotopic (exact) mass is 258 g/mol. The molecule has 14 heavy (non-hydrogen) atoms. The van der Waals surface area contributed by atoms with Crippen LogP contribution in [0.2, 0.25) is 0 Å². The third kappa shape index (κ3) is 2.80. The Morgan fingerprint density at radius 1 is 1.43 bits per heavy atom. The van der Waals surface area contributed by atoms with E-state index < -0.39 is 0 Å². The standard InChI is InChI=1S/C10H11BrO3/c1-6(2)7(12)5-8(13)9-3-4-10(11)14-9/h3-4,6H,5H2,1-2H3. The predicted octanol–water partition coefficient (Wildman–Crippen LogP) is 2.84. The van der Waals surface area contributed by atoms with E-state index in [1.54, 1.807) is 26.0 Å². The molecule has 0 fully saturated rings. The van der Waals surface area contributed by atoms with Gasteiger partial charge in [-0.05, 0) is 28.1 Å². The number of ketones is 2. The lowest BCUT2D eigenvalue weighted by atomic mass is 10.0. The molecule has 1 rings (SSSR count). The first-order valence-corrected chi connectivity index (χ1v) is 5.11. The van der Waals surface area contributed by atoms with Crippen molar-refractivity contribution in [3.63, 3.8) is 0 Å². The summed E-state index contributed by atoms with van der Waals surface area (Å²) in [7, 11) is 0. The third-order valence-corrected chi connectivity index (χ3v) is 2.25. The molecule has 0 atom stereocenters. The van der Waals surface area contributed by atoms with Gasteiger partial charge in [0.15, 0.2) is 10.4 Å². The normalized spacial score (nSPS) is 10.6. The van der Waals surface area contributed by atoms with Crippen molar-refractivity contribution < 1.29 is 14.0 Å². The zero-order chi connectivity index (χ0) is 10.7. The number of halogens is 1. The van der Waals surface area contributed by atoms with Crippen LogP contribution in [0.4, 0.5) is 0 Å². The maximum Gasteiger partial charge on any atom is 0.205 e. The van der Waals surface area contributed by atoms with Crippen molar-refractivity contribution in [3.05, 3.63) is 22.6 Å². The summed E-state index contributed by atoms with van der Waals surface area (Å²) in [6.45, 7) is 3.54. The highest BCUT2D eigenvalue weighted by Gasteiger charge is 2.17. The summed E-state index contributed by atoms with van der Waals surface area (Å²) in [5.74, 6) is -0.222. The average Bonchev–Trinajstić information content (AvgIpc) is 2.51. The molecule has 3 nitrogen and oxygen atoms in total. The van der Waals surface area contributed by atoms with E-state index in [2.05, 4.69) is 15.9 Å². The number of hydrogen-bond acceptors (Lipinski definition) is 3. The number of hydrogen-bond donors (Lipinski definition) is 0. The van der Waals surface area contributed by atoms with Crippen LogP contribution in [-0.2, 0) is 4.79 Å². The minimum Gasteiger partial charge on any atom is -0.446 e. The molecular formula is C10H11BrO3. The maximum atomic E-state index is 11.4. The van der Waals surface area contributed by atoms with E-state index in [4.69, 9.17) is 4.42 Å². The Hall–Kier alpha value is -0.900. The molecule has 76 valence electrons. The molecule has 0 aliphatic heterocycles. The van der Waals surface area contributed by atoms with Crippen LogP contribution >= 0.6 is 15.9 Å². The molecular weight excluding hydrogens is 248 g/mol. The maximum absolute atomic E-state index is 11.4. The van der Waals surface area contributed by atoms with E-state index in [9.17, 15) is 9.59 Å². The van der Waals surface area contributed by atoms with E-state index >= 15 is 0 Å². The van der Waals surface area contributed by atoms with Crippen LogP contribution in [0.25, 0.3) is 0 Å². The van der Waals surface area contributed by atoms with Crippen LogP contribution < -0.4 is 0 Å². The molecule has 0 aromatic carbocycles. The van der Waals surface area contributed by atoms with Crippen molar-refractivity contribution in [2.75, 3.05) is 0 Å². The van der Waals surface area contributed by atoms with Gasteiger partial charge in [-0.25, -0.2) is 0 Å². The first-order chi connectivity index (χ1) is 6.50. The fourth-order valence-electron chi connectivity index (χ4n) is 0.914. The van der Waals surface area contributed by atoms with Gasteiger partial charge in [0.05, 0.1) is 6.42 Å². The Morgan fingerprint density at radius 2 is 2.07 bits per heavy atom. The Bertz CT molecular complexity index is 352. The fraction of sp³-hybridized carbons (Fsp3) is 0.400. The molecule has 0 radical (unpaired) electrons. The minimum atomic E-state index is -0.269. The van der Waals surface area contributed by atoms with E-state index in [1.807, 2.05) is 0 Å². The van der Waals surface area contributed by atoms with Crippen LogP contribution in [-0.4, -0.2) is 11.6 Å². The van der Waals surface area contributed by atoms with E-state index in [0.29, 0.717) is 4.67 Å². The summed E-state index contributed by atoms with van der Waals surface area (Å²) in [6.07, 6.45) is -0.0857. The first-order valence-electron chi connectivity index (χ1n) is 4.32. The Morgan fingerprint density at radius 3 is 2.50 bits per heavy atom. The van der Waals surface area contributed by atoms with Gasteiger partial charge in [-0.3, -0.25) is 9.59 Å². The van der Waals surface area contributed by atoms with Crippen LogP contribution in [0.3, 0.4) is 0 Å². The van der Waals surface area contributed by atoms with E-state index in [-0.39, 0.29) is 29.7 Å². The van der Waals surface area contributed by atoms with Gasteiger partial charge < -0.3 is 4.42 Å². The summed E-state index contributed by atoms with van der Waals surface area (Å²) >= 11 is 3.09. The van der Waals surface area contributed by atoms with Crippen molar-refractivity contribution >= 4 is 27.5 Å². The zero-order valence-corrected chi connectivity index (χ0v) is 9.63. The topological polar surface area (TPSA) is 47.3 Å². The first kappa shape index (κ1) is 11.2. The van der Waals surface area contributed by atoms with Crippen molar-refractivity contribution in [3.8, 4) is 0 Å². The predicted molar refractivity (Wildman–Crippen MR) is 55.2 cm³/mol. The molecule has 0 saturated heterocycles. The van der Waals surface area contributed by atoms with Crippen molar-refractivity contribution in [1.29, 1.82) is 0 Å². The van der Waals surface area contributed by atoms with Crippen LogP contribution in [0.5, 0.6) is 0 Å². The van der Waals surface area contributed by atoms with Gasteiger partial charge in [0.25, 0.3) is 0 Å². The van der Waals surface area contributed by atoms with Crippen molar-refractivity contribution in [1.82, 2.24) is 0 Å². The van der Waals surface area contributed by atoms with Crippen molar-refractivity contribution in [2.24, 2.45) is 5.92 Å². The summed E-state index contributed by atoms with van der Waals surface area (Å²) in [4.78, 5) is 22.7. The second kappa shape index (κ2) is 4.55. The Kier molecular flexibility index (Phi) is 3.63. The number of rotatable bonds is 4. The molecule has 0 N–H and O–H groups in total. The lowest BCUT2D eigenvalue weighted by Gasteiger charge is -2.00. The van der Waals surface area contributed by atoms with Gasteiger partial charge >= 0.3 is 0 Å². The second-order valence-electron chi connectivity index (χ2n) is 3.32. The summed E-state index contributed by atoms with van der Waals surface area (Å²) < 4.78 is 5.54. The summed E-state index contributed by atoms with van der Waals surface area (Å²) in [5.41, 5.74) is 0. The average molecular weight is 259 g/mol. The van der Waals surface area contributed by atoms with Gasteiger partial charge in [0, 0.05) is 5.92 Å². The largest absolute Gasteiger partial charge is 0.446 e. The Balaban J connectivity index is 2.64. The molecule has 0 saturated carbocycles. The van der Waals surface area contributed by atoms with Crippen LogP contribution in [0.1, 0.15) is 30.8 Å². The molecule has 1 aromatic heterocycles. The molecule has 0 aliphatic carbocycles. The molecule has 1 aromatic rings. The molecule has 0 aliphatic rings. The number of Topliss-reactive ketones (excluding diaryl/α,β-unsaturated/α-hetero) is 2. The van der Waals surface area contributed by atoms with Gasteiger partial charge in [-0.15, -0.1) is 0 Å². The quantitative estimate of drug-likeness (QED) is 0.617. The minimum absolute atomic E-state index is 0.0671. The van der Waals surface area contributed by atoms with E-state index in [1.165, 1.54) is 0 Å². The van der Waals surface area contributed by atoms with Crippen LogP contribution in [0.15, 0.2) is 21.2 Å². The number of carbonyl (C=O) groups is 2. The SMILES string of the molecule is CC(C)C(=O)CC(=O)c1ccc(Br)o1. The summed E-state index contributed by atoms with van der Waals surface area (Å²) in [6, 6.07) is 3.19. The molecule has 1 heterocycles. The second-order valence-corrected chi connectivity index (χ2v) is 4.11. The summed E-state index contributed by atoms with van der Waals surface area (Å²) in [5, 5.41) is 0. The van der Waals surface area contributed by atoms with Gasteiger partial charge in [0.2, 0.25) is 5.78 Å². The van der Waals surface area contributed by atoms with Gasteiger partial charge in [-0.2, -0.15) is 0 Å². The Labute approximate surface area is 90.6 Å². The number of carbonyl (C=O) groups excluding carboxylic acids is 2. The fourth-order valence-corrected chi connectivity index (χ4v) is 1.22. The molecule has 4 heteroatoms. The lowest BCUT2D eigenvalue weighted by Crippen LogP contribution is -2.12. The third-order valence-electron chi connectivity index (χ3n) is 1.83. The molecule has 0 unspecified atom stereocenters. The number of furan rings is 1. The highest BCUT2D eigenvalue weighted by molar-refractivity contribution is 9.10. The molecule has 0 spiro atoms. The van der Waals surface area contributed by atoms with Gasteiger partial charge in [-0.1, -0.05) is 13.8 Å².